The molecule has 2 atom stereocenters. The van der Waals surface area contributed by atoms with Crippen molar-refractivity contribution in [3.05, 3.63) is 108 Å². The Morgan fingerprint density at radius 1 is 0.833 bits per heavy atom. The quantitative estimate of drug-likeness (QED) is 0.214. The number of aliphatic hydroxyl groups excluding tert-OH is 1. The fourth-order valence-corrected chi connectivity index (χ4v) is 4.75. The Labute approximate surface area is 237 Å². The highest BCUT2D eigenvalue weighted by molar-refractivity contribution is 5.80. The molecule has 220 valence electrons. The fraction of sp³-hybridized carbons (Fsp3) is 0.226. The van der Waals surface area contributed by atoms with Gasteiger partial charge in [-0.3, -0.25) is 0 Å². The molecule has 2 unspecified atom stereocenters. The van der Waals surface area contributed by atoms with Crippen LogP contribution >= 0.6 is 0 Å². The van der Waals surface area contributed by atoms with Gasteiger partial charge in [0.2, 0.25) is 0 Å². The predicted octanol–water partition coefficient (Wildman–Crippen LogP) is 7.69. The number of benzene rings is 4. The zero-order chi connectivity index (χ0) is 29.9. The third-order valence-electron chi connectivity index (χ3n) is 6.68. The van der Waals surface area contributed by atoms with Gasteiger partial charge in [0.1, 0.15) is 24.7 Å². The SMILES string of the molecule is OC(CN1c2cccc(-c3cccc(OC(F)(F)F)c3)c2OCC1c1cccc(OCc2ccccc2)c1)C(F)(F)F. The van der Waals surface area contributed by atoms with Crippen molar-refractivity contribution in [3.63, 3.8) is 0 Å². The van der Waals surface area contributed by atoms with Crippen LogP contribution in [0.5, 0.6) is 17.2 Å². The highest BCUT2D eigenvalue weighted by atomic mass is 19.4. The number of fused-ring (bicyclic) bond motifs is 1. The number of rotatable bonds is 8. The molecule has 1 heterocycles. The summed E-state index contributed by atoms with van der Waals surface area (Å²) in [7, 11) is 0. The smallest absolute Gasteiger partial charge is 0.489 e. The number of halogens is 6. The summed E-state index contributed by atoms with van der Waals surface area (Å²) in [6.45, 7) is -0.624. The van der Waals surface area contributed by atoms with Gasteiger partial charge in [0.15, 0.2) is 11.9 Å². The van der Waals surface area contributed by atoms with Gasteiger partial charge >= 0.3 is 12.5 Å². The lowest BCUT2D eigenvalue weighted by atomic mass is 9.98. The molecule has 1 aliphatic rings. The molecule has 0 fully saturated rings. The minimum Gasteiger partial charge on any atom is -0.489 e. The van der Waals surface area contributed by atoms with E-state index >= 15 is 0 Å². The van der Waals surface area contributed by atoms with E-state index in [-0.39, 0.29) is 24.7 Å². The second-order valence-corrected chi connectivity index (χ2v) is 9.61. The van der Waals surface area contributed by atoms with E-state index in [9.17, 15) is 31.4 Å². The van der Waals surface area contributed by atoms with Crippen LogP contribution in [-0.4, -0.2) is 36.9 Å². The number of β-amino-alcohol motifs (C(OH)–C–C–N with tert-alkyl or cyclic N) is 1. The number of ether oxygens (including phenoxy) is 3. The van der Waals surface area contributed by atoms with E-state index in [4.69, 9.17) is 9.47 Å². The van der Waals surface area contributed by atoms with Gasteiger partial charge in [0.05, 0.1) is 18.3 Å². The number of hydrogen-bond acceptors (Lipinski definition) is 5. The van der Waals surface area contributed by atoms with Crippen molar-refractivity contribution in [2.75, 3.05) is 18.1 Å². The molecule has 42 heavy (non-hydrogen) atoms. The van der Waals surface area contributed by atoms with Crippen LogP contribution in [0, 0.1) is 0 Å². The number of alkyl halides is 6. The lowest BCUT2D eigenvalue weighted by Crippen LogP contribution is -2.46. The zero-order valence-corrected chi connectivity index (χ0v) is 21.9. The molecular weight excluding hydrogens is 564 g/mol. The topological polar surface area (TPSA) is 51.2 Å². The van der Waals surface area contributed by atoms with Crippen LogP contribution in [0.1, 0.15) is 17.2 Å². The lowest BCUT2D eigenvalue weighted by molar-refractivity contribution is -0.274. The molecule has 0 aromatic heterocycles. The number of aliphatic hydroxyl groups is 1. The van der Waals surface area contributed by atoms with Crippen molar-refractivity contribution in [2.45, 2.75) is 31.3 Å². The highest BCUT2D eigenvalue weighted by Crippen LogP contribution is 2.46. The molecule has 5 nitrogen and oxygen atoms in total. The molecule has 1 N–H and O–H groups in total. The van der Waals surface area contributed by atoms with Crippen LogP contribution in [-0.2, 0) is 6.61 Å². The summed E-state index contributed by atoms with van der Waals surface area (Å²) >= 11 is 0. The van der Waals surface area contributed by atoms with Crippen molar-refractivity contribution >= 4 is 5.69 Å². The van der Waals surface area contributed by atoms with Gasteiger partial charge in [-0.05, 0) is 47.0 Å². The average molecular weight is 590 g/mol. The standard InChI is InChI=1S/C31H25F6NO4/c32-30(33,34)28(39)17-38-26-14-6-13-25(21-9-4-12-24(15-21)42-31(35,36)37)29(26)41-19-27(38)22-10-5-11-23(16-22)40-18-20-7-2-1-3-8-20/h1-16,27-28,39H,17-19H2. The fourth-order valence-electron chi connectivity index (χ4n) is 4.75. The van der Waals surface area contributed by atoms with E-state index in [0.29, 0.717) is 22.4 Å². The molecule has 11 heteroatoms. The normalized spacial score (nSPS) is 15.9. The second kappa shape index (κ2) is 11.8. The number of anilines is 1. The van der Waals surface area contributed by atoms with Gasteiger partial charge in [-0.15, -0.1) is 13.2 Å². The molecule has 4 aromatic carbocycles. The third-order valence-corrected chi connectivity index (χ3v) is 6.68. The maximum Gasteiger partial charge on any atom is 0.573 e. The van der Waals surface area contributed by atoms with Crippen molar-refractivity contribution in [2.24, 2.45) is 0 Å². The van der Waals surface area contributed by atoms with E-state index in [1.165, 1.54) is 23.1 Å². The first kappa shape index (κ1) is 29.1. The van der Waals surface area contributed by atoms with E-state index in [1.807, 2.05) is 30.3 Å². The largest absolute Gasteiger partial charge is 0.573 e. The minimum absolute atomic E-state index is 0.102. The number of para-hydroxylation sites is 1. The Hall–Kier alpha value is -4.38. The molecule has 0 saturated heterocycles. The molecule has 0 amide bonds. The Kier molecular flexibility index (Phi) is 8.22. The van der Waals surface area contributed by atoms with Gasteiger partial charge < -0.3 is 24.2 Å². The first-order chi connectivity index (χ1) is 20.0. The van der Waals surface area contributed by atoms with Gasteiger partial charge in [-0.1, -0.05) is 66.7 Å². The van der Waals surface area contributed by atoms with Gasteiger partial charge in [-0.2, -0.15) is 13.2 Å². The van der Waals surface area contributed by atoms with E-state index in [2.05, 4.69) is 4.74 Å². The molecule has 0 spiro atoms. The summed E-state index contributed by atoms with van der Waals surface area (Å²) < 4.78 is 95.0. The summed E-state index contributed by atoms with van der Waals surface area (Å²) in [5.41, 5.74) is 2.42. The maximum absolute atomic E-state index is 13.5. The van der Waals surface area contributed by atoms with Crippen molar-refractivity contribution in [1.29, 1.82) is 0 Å². The van der Waals surface area contributed by atoms with Crippen LogP contribution in [0.3, 0.4) is 0 Å². The molecule has 5 rings (SSSR count). The number of nitrogens with zero attached hydrogens (tertiary/aromatic N) is 1. The van der Waals surface area contributed by atoms with E-state index in [0.717, 1.165) is 11.6 Å². The third kappa shape index (κ3) is 6.91. The summed E-state index contributed by atoms with van der Waals surface area (Å²) in [5.74, 6) is 0.209. The first-order valence-corrected chi connectivity index (χ1v) is 12.9. The van der Waals surface area contributed by atoms with Crippen molar-refractivity contribution in [3.8, 4) is 28.4 Å². The Morgan fingerprint density at radius 3 is 2.29 bits per heavy atom. The molecule has 0 aliphatic carbocycles. The molecule has 1 aliphatic heterocycles. The van der Waals surface area contributed by atoms with Crippen LogP contribution in [0.25, 0.3) is 11.1 Å². The zero-order valence-electron chi connectivity index (χ0n) is 21.9. The van der Waals surface area contributed by atoms with Crippen LogP contribution in [0.2, 0.25) is 0 Å². The summed E-state index contributed by atoms with van der Waals surface area (Å²) in [4.78, 5) is 1.40. The summed E-state index contributed by atoms with van der Waals surface area (Å²) in [5, 5.41) is 10.1. The van der Waals surface area contributed by atoms with Gasteiger partial charge in [0, 0.05) is 5.56 Å². The van der Waals surface area contributed by atoms with Crippen molar-refractivity contribution in [1.82, 2.24) is 0 Å². The van der Waals surface area contributed by atoms with Crippen molar-refractivity contribution < 1.29 is 45.7 Å². The lowest BCUT2D eigenvalue weighted by Gasteiger charge is -2.41. The van der Waals surface area contributed by atoms with Crippen LogP contribution < -0.4 is 19.1 Å². The number of hydrogen-bond donors (Lipinski definition) is 1. The Morgan fingerprint density at radius 2 is 1.55 bits per heavy atom. The Bertz CT molecular complexity index is 1510. The monoisotopic (exact) mass is 589 g/mol. The molecule has 0 bridgehead atoms. The van der Waals surface area contributed by atoms with E-state index in [1.54, 1.807) is 42.5 Å². The van der Waals surface area contributed by atoms with Crippen LogP contribution in [0.4, 0.5) is 32.0 Å². The van der Waals surface area contributed by atoms with Gasteiger partial charge in [0.25, 0.3) is 0 Å². The first-order valence-electron chi connectivity index (χ1n) is 12.9. The minimum atomic E-state index is -4.90. The maximum atomic E-state index is 13.5. The second-order valence-electron chi connectivity index (χ2n) is 9.61. The highest BCUT2D eigenvalue weighted by Gasteiger charge is 2.42. The van der Waals surface area contributed by atoms with E-state index < -0.39 is 37.0 Å². The Balaban J connectivity index is 1.49. The summed E-state index contributed by atoms with van der Waals surface area (Å²) in [6, 6.07) is 25.5. The van der Waals surface area contributed by atoms with Crippen LogP contribution in [0.15, 0.2) is 97.1 Å². The molecule has 0 radical (unpaired) electrons. The molecule has 4 aromatic rings. The molecular formula is C31H25F6NO4. The summed E-state index contributed by atoms with van der Waals surface area (Å²) in [6.07, 6.45) is -12.5. The van der Waals surface area contributed by atoms with Gasteiger partial charge in [-0.25, -0.2) is 0 Å². The average Bonchev–Trinajstić information content (AvgIpc) is 2.95. The predicted molar refractivity (Wildman–Crippen MR) is 143 cm³/mol. The molecule has 0 saturated carbocycles.